The van der Waals surface area contributed by atoms with Gasteiger partial charge in [0.1, 0.15) is 10.8 Å². The van der Waals surface area contributed by atoms with Crippen molar-refractivity contribution in [2.24, 2.45) is 0 Å². The predicted octanol–water partition coefficient (Wildman–Crippen LogP) is 4.36. The summed E-state index contributed by atoms with van der Waals surface area (Å²) >= 11 is 5.95. The zero-order chi connectivity index (χ0) is 24.1. The molecule has 10 heteroatoms. The minimum absolute atomic E-state index is 0.0669. The van der Waals surface area contributed by atoms with E-state index in [0.29, 0.717) is 23.6 Å². The van der Waals surface area contributed by atoms with E-state index in [0.717, 1.165) is 0 Å². The largest absolute Gasteiger partial charge is 0.494 e. The van der Waals surface area contributed by atoms with Crippen LogP contribution < -0.4 is 9.64 Å². The smallest absolute Gasteiger partial charge is 0.336 e. The van der Waals surface area contributed by atoms with Gasteiger partial charge in [-0.1, -0.05) is 17.7 Å². The van der Waals surface area contributed by atoms with Crippen LogP contribution in [0.3, 0.4) is 0 Å². The Bertz CT molecular complexity index is 1110. The highest BCUT2D eigenvalue weighted by Gasteiger charge is 2.36. The maximum atomic E-state index is 12.7. The van der Waals surface area contributed by atoms with Crippen molar-refractivity contribution >= 4 is 34.9 Å². The summed E-state index contributed by atoms with van der Waals surface area (Å²) in [7, 11) is 2.42. The lowest BCUT2D eigenvalue weighted by Crippen LogP contribution is -2.28. The average molecular weight is 473 g/mol. The molecule has 1 aliphatic heterocycles. The number of carbonyl (C=O) groups excluding carboxylic acids is 2. The second-order valence-corrected chi connectivity index (χ2v) is 7.29. The van der Waals surface area contributed by atoms with Crippen molar-refractivity contribution in [2.45, 2.75) is 12.8 Å². The molecule has 0 saturated heterocycles. The number of methoxy groups -OCH3 is 2. The topological polar surface area (TPSA) is 108 Å². The van der Waals surface area contributed by atoms with E-state index in [4.69, 9.17) is 25.8 Å². The number of carbonyl (C=O) groups is 2. The van der Waals surface area contributed by atoms with Crippen LogP contribution in [0.15, 0.2) is 66.0 Å². The van der Waals surface area contributed by atoms with E-state index in [-0.39, 0.29) is 21.9 Å². The second-order valence-electron chi connectivity index (χ2n) is 6.89. The molecule has 0 aliphatic carbocycles. The van der Waals surface area contributed by atoms with Crippen LogP contribution in [0, 0.1) is 10.1 Å². The van der Waals surface area contributed by atoms with Crippen molar-refractivity contribution in [1.82, 2.24) is 0 Å². The Balaban J connectivity index is 2.16. The van der Waals surface area contributed by atoms with E-state index in [2.05, 4.69) is 0 Å². The molecule has 2 aromatic rings. The molecule has 0 unspecified atom stereocenters. The van der Waals surface area contributed by atoms with Gasteiger partial charge in [0.05, 0.1) is 42.8 Å². The number of nitro groups is 1. The number of nitro benzene ring substituents is 1. The molecule has 0 fully saturated rings. The quantitative estimate of drug-likeness (QED) is 0.332. The van der Waals surface area contributed by atoms with Gasteiger partial charge in [-0.2, -0.15) is 0 Å². The number of nitrogens with zero attached hydrogens (tertiary/aromatic N) is 2. The normalized spacial score (nSPS) is 13.6. The van der Waals surface area contributed by atoms with Gasteiger partial charge in [-0.05, 0) is 42.8 Å². The minimum atomic E-state index is -0.972. The van der Waals surface area contributed by atoms with Gasteiger partial charge >= 0.3 is 11.9 Å². The molecule has 0 N–H and O–H groups in total. The predicted molar refractivity (Wildman–Crippen MR) is 121 cm³/mol. The van der Waals surface area contributed by atoms with Crippen molar-refractivity contribution < 1.29 is 28.7 Å². The molecule has 0 spiro atoms. The van der Waals surface area contributed by atoms with Crippen LogP contribution in [0.25, 0.3) is 0 Å². The van der Waals surface area contributed by atoms with Crippen LogP contribution in [0.2, 0.25) is 5.02 Å². The Morgan fingerprint density at radius 3 is 2.09 bits per heavy atom. The number of halogens is 1. The molecule has 9 nitrogen and oxygen atoms in total. The number of rotatable bonds is 7. The zero-order valence-electron chi connectivity index (χ0n) is 18.1. The molecule has 0 aromatic heterocycles. The molecular weight excluding hydrogens is 452 g/mol. The molecule has 0 radical (unpaired) electrons. The van der Waals surface area contributed by atoms with Gasteiger partial charge in [-0.15, -0.1) is 0 Å². The molecule has 0 saturated carbocycles. The average Bonchev–Trinajstić information content (AvgIpc) is 2.83. The van der Waals surface area contributed by atoms with Gasteiger partial charge in [0.25, 0.3) is 5.69 Å². The SMILES string of the molecule is CCOc1ccc(N2C=C(C(=O)OC)C(c3ccc(Cl)c([N+](=O)[O-])c3)C(C(=O)OC)=C2)cc1. The van der Waals surface area contributed by atoms with Gasteiger partial charge in [-0.3, -0.25) is 10.1 Å². The lowest BCUT2D eigenvalue weighted by molar-refractivity contribution is -0.384. The van der Waals surface area contributed by atoms with Gasteiger partial charge in [0.2, 0.25) is 0 Å². The van der Waals surface area contributed by atoms with E-state index >= 15 is 0 Å². The van der Waals surface area contributed by atoms with E-state index in [1.807, 2.05) is 6.92 Å². The van der Waals surface area contributed by atoms with Gasteiger partial charge < -0.3 is 19.1 Å². The first-order chi connectivity index (χ1) is 15.8. The molecular formula is C23H21ClN2O7. The Morgan fingerprint density at radius 1 is 1.03 bits per heavy atom. The number of hydrogen-bond acceptors (Lipinski definition) is 8. The maximum absolute atomic E-state index is 12.7. The first-order valence-electron chi connectivity index (χ1n) is 9.85. The van der Waals surface area contributed by atoms with E-state index in [1.165, 1.54) is 44.8 Å². The first kappa shape index (κ1) is 23.8. The number of anilines is 1. The van der Waals surface area contributed by atoms with Crippen LogP contribution in [0.4, 0.5) is 11.4 Å². The third kappa shape index (κ3) is 4.98. The van der Waals surface area contributed by atoms with Gasteiger partial charge in [0, 0.05) is 24.2 Å². The van der Waals surface area contributed by atoms with Gasteiger partial charge in [0.15, 0.2) is 0 Å². The highest BCUT2D eigenvalue weighted by atomic mass is 35.5. The molecule has 0 atom stereocenters. The summed E-state index contributed by atoms with van der Waals surface area (Å²) in [5.74, 6) is -1.72. The summed E-state index contributed by atoms with van der Waals surface area (Å²) < 4.78 is 15.3. The first-order valence-corrected chi connectivity index (χ1v) is 10.2. The fourth-order valence-electron chi connectivity index (χ4n) is 3.47. The third-order valence-electron chi connectivity index (χ3n) is 4.97. The summed E-state index contributed by atoms with van der Waals surface area (Å²) in [6.07, 6.45) is 3.03. The summed E-state index contributed by atoms with van der Waals surface area (Å²) in [5, 5.41) is 11.3. The van der Waals surface area contributed by atoms with Crippen molar-refractivity contribution in [2.75, 3.05) is 25.7 Å². The standard InChI is InChI=1S/C23H21ClN2O7/c1-4-33-16-8-6-15(7-9-16)25-12-17(22(27)31-2)21(18(13-25)23(28)32-3)14-5-10-19(24)20(11-14)26(29)30/h5-13,21H,4H2,1-3H3. The Labute approximate surface area is 194 Å². The minimum Gasteiger partial charge on any atom is -0.494 e. The van der Waals surface area contributed by atoms with E-state index in [1.54, 1.807) is 29.2 Å². The van der Waals surface area contributed by atoms with Crippen molar-refractivity contribution in [3.63, 3.8) is 0 Å². The Morgan fingerprint density at radius 2 is 1.61 bits per heavy atom. The number of ether oxygens (including phenoxy) is 3. The number of hydrogen-bond donors (Lipinski definition) is 0. The molecule has 172 valence electrons. The lowest BCUT2D eigenvalue weighted by Gasteiger charge is -2.30. The van der Waals surface area contributed by atoms with Crippen LogP contribution in [-0.2, 0) is 19.1 Å². The van der Waals surface area contributed by atoms with E-state index in [9.17, 15) is 19.7 Å². The zero-order valence-corrected chi connectivity index (χ0v) is 18.9. The fraction of sp³-hybridized carbons (Fsp3) is 0.217. The van der Waals surface area contributed by atoms with Crippen LogP contribution in [0.5, 0.6) is 5.75 Å². The lowest BCUT2D eigenvalue weighted by atomic mass is 9.83. The fourth-order valence-corrected chi connectivity index (χ4v) is 3.66. The molecule has 2 aromatic carbocycles. The summed E-state index contributed by atoms with van der Waals surface area (Å²) in [5.41, 5.74) is 0.779. The maximum Gasteiger partial charge on any atom is 0.336 e. The van der Waals surface area contributed by atoms with Crippen molar-refractivity contribution in [3.8, 4) is 5.75 Å². The molecule has 0 amide bonds. The molecule has 0 bridgehead atoms. The summed E-state index contributed by atoms with van der Waals surface area (Å²) in [6, 6.07) is 11.1. The van der Waals surface area contributed by atoms with Crippen LogP contribution in [-0.4, -0.2) is 37.7 Å². The van der Waals surface area contributed by atoms with Crippen LogP contribution in [0.1, 0.15) is 18.4 Å². The highest BCUT2D eigenvalue weighted by molar-refractivity contribution is 6.32. The second kappa shape index (κ2) is 10.2. The van der Waals surface area contributed by atoms with E-state index < -0.39 is 22.8 Å². The molecule has 33 heavy (non-hydrogen) atoms. The monoisotopic (exact) mass is 472 g/mol. The number of benzene rings is 2. The Kier molecular flexibility index (Phi) is 7.34. The van der Waals surface area contributed by atoms with Gasteiger partial charge in [-0.25, -0.2) is 9.59 Å². The highest BCUT2D eigenvalue weighted by Crippen LogP contribution is 2.40. The summed E-state index contributed by atoms with van der Waals surface area (Å²) in [4.78, 5) is 37.8. The number of esters is 2. The molecule has 1 aliphatic rings. The Hall–Kier alpha value is -3.85. The summed E-state index contributed by atoms with van der Waals surface area (Å²) in [6.45, 7) is 2.38. The third-order valence-corrected chi connectivity index (χ3v) is 5.29. The molecule has 1 heterocycles. The molecule has 3 rings (SSSR count). The van der Waals surface area contributed by atoms with Crippen LogP contribution >= 0.6 is 11.6 Å². The van der Waals surface area contributed by atoms with Crippen molar-refractivity contribution in [1.29, 1.82) is 0 Å². The van der Waals surface area contributed by atoms with Crippen molar-refractivity contribution in [3.05, 3.63) is 86.7 Å².